The summed E-state index contributed by atoms with van der Waals surface area (Å²) in [6.07, 6.45) is 0.951. The van der Waals surface area contributed by atoms with Crippen molar-refractivity contribution >= 4 is 25.9 Å². The van der Waals surface area contributed by atoms with Gasteiger partial charge in [-0.05, 0) is 38.6 Å². The van der Waals surface area contributed by atoms with Crippen LogP contribution in [0, 0.1) is 5.82 Å². The van der Waals surface area contributed by atoms with Gasteiger partial charge in [-0.3, -0.25) is 0 Å². The molecule has 3 atom stereocenters. The Kier molecular flexibility index (Phi) is 6.84. The molecule has 0 radical (unpaired) electrons. The van der Waals surface area contributed by atoms with E-state index in [2.05, 4.69) is 14.0 Å². The summed E-state index contributed by atoms with van der Waals surface area (Å²) in [5.41, 5.74) is 0.520. The Morgan fingerprint density at radius 2 is 2.04 bits per heavy atom. The van der Waals surface area contributed by atoms with Gasteiger partial charge in [-0.1, -0.05) is 12.1 Å². The first-order valence-corrected chi connectivity index (χ1v) is 9.46. The predicted octanol–water partition coefficient (Wildman–Crippen LogP) is 2.57. The van der Waals surface area contributed by atoms with E-state index >= 15 is 0 Å². The summed E-state index contributed by atoms with van der Waals surface area (Å²) in [5, 5.41) is 0.782. The van der Waals surface area contributed by atoms with Gasteiger partial charge in [0.05, 0.1) is 19.3 Å². The maximum atomic E-state index is 14.3. The minimum atomic E-state index is -1.29. The summed E-state index contributed by atoms with van der Waals surface area (Å²) in [6, 6.07) is 4.69. The molecule has 1 heterocycles. The molecule has 0 saturated carbocycles. The van der Waals surface area contributed by atoms with Crippen LogP contribution in [-0.2, 0) is 20.8 Å². The molecule has 1 N–H and O–H groups in total. The van der Waals surface area contributed by atoms with Crippen molar-refractivity contribution < 1.29 is 18.4 Å². The van der Waals surface area contributed by atoms with E-state index in [9.17, 15) is 8.94 Å². The van der Waals surface area contributed by atoms with Crippen LogP contribution in [0.15, 0.2) is 18.2 Å². The van der Waals surface area contributed by atoms with Crippen LogP contribution in [0.3, 0.4) is 0 Å². The van der Waals surface area contributed by atoms with Crippen molar-refractivity contribution in [3.05, 3.63) is 29.6 Å². The van der Waals surface area contributed by atoms with Crippen molar-refractivity contribution in [3.8, 4) is 0 Å². The zero-order valence-corrected chi connectivity index (χ0v) is 15.8. The molecule has 2 rings (SSSR count). The number of hydrogen-bond donors (Lipinski definition) is 1. The fourth-order valence-electron chi connectivity index (χ4n) is 2.29. The van der Waals surface area contributed by atoms with E-state index < -0.39 is 16.1 Å². The highest BCUT2D eigenvalue weighted by atomic mass is 32.2. The van der Waals surface area contributed by atoms with Gasteiger partial charge in [0.2, 0.25) is 0 Å². The molecule has 0 spiro atoms. The predicted molar refractivity (Wildman–Crippen MR) is 94.4 cm³/mol. The molecule has 1 saturated heterocycles. The Morgan fingerprint density at radius 1 is 1.39 bits per heavy atom. The van der Waals surface area contributed by atoms with E-state index in [1.54, 1.807) is 6.07 Å². The summed E-state index contributed by atoms with van der Waals surface area (Å²) in [6.45, 7) is 6.84. The fraction of sp³-hybridized carbons (Fsp3) is 0.625. The third-order valence-electron chi connectivity index (χ3n) is 3.59. The van der Waals surface area contributed by atoms with Crippen LogP contribution in [0.4, 0.5) is 4.39 Å². The minimum Gasteiger partial charge on any atom is -0.598 e. The van der Waals surface area contributed by atoms with Crippen molar-refractivity contribution in [1.29, 1.82) is 0 Å². The van der Waals surface area contributed by atoms with E-state index in [0.717, 1.165) is 5.30 Å². The van der Waals surface area contributed by atoms with Gasteiger partial charge in [-0.15, -0.1) is 14.0 Å². The molecular weight excluding hydrogens is 336 g/mol. The Labute approximate surface area is 143 Å². The van der Waals surface area contributed by atoms with Crippen molar-refractivity contribution in [2.45, 2.75) is 50.7 Å². The van der Waals surface area contributed by atoms with E-state index in [4.69, 9.17) is 9.47 Å². The van der Waals surface area contributed by atoms with Crippen LogP contribution >= 0.6 is 9.24 Å². The summed E-state index contributed by atoms with van der Waals surface area (Å²) < 4.78 is 40.3. The first-order valence-electron chi connectivity index (χ1n) is 7.73. The van der Waals surface area contributed by atoms with Gasteiger partial charge in [0, 0.05) is 23.3 Å². The molecule has 7 heteroatoms. The van der Waals surface area contributed by atoms with E-state index in [1.807, 2.05) is 26.8 Å². The molecule has 23 heavy (non-hydrogen) atoms. The molecule has 0 bridgehead atoms. The minimum absolute atomic E-state index is 0.258. The van der Waals surface area contributed by atoms with Gasteiger partial charge >= 0.3 is 0 Å². The Bertz CT molecular complexity index is 521. The summed E-state index contributed by atoms with van der Waals surface area (Å²) in [4.78, 5) is 0. The Morgan fingerprint density at radius 3 is 2.61 bits per heavy atom. The highest BCUT2D eigenvalue weighted by Crippen LogP contribution is 2.27. The molecule has 130 valence electrons. The van der Waals surface area contributed by atoms with Crippen molar-refractivity contribution in [2.75, 3.05) is 13.2 Å². The second-order valence-electron chi connectivity index (χ2n) is 6.58. The number of rotatable bonds is 6. The topological polar surface area (TPSA) is 53.5 Å². The Balaban J connectivity index is 2.12. The molecular formula is C16H25FNO3PS. The van der Waals surface area contributed by atoms with Gasteiger partial charge in [-0.2, -0.15) is 0 Å². The van der Waals surface area contributed by atoms with Crippen molar-refractivity contribution in [2.24, 2.45) is 0 Å². The highest BCUT2D eigenvalue weighted by molar-refractivity contribution is 7.90. The third-order valence-corrected chi connectivity index (χ3v) is 5.56. The third kappa shape index (κ3) is 5.66. The second-order valence-corrected chi connectivity index (χ2v) is 9.25. The second kappa shape index (κ2) is 8.24. The van der Waals surface area contributed by atoms with E-state index in [-0.39, 0.29) is 18.1 Å². The Hall–Kier alpha value is -0.230. The molecule has 4 nitrogen and oxygen atoms in total. The van der Waals surface area contributed by atoms with E-state index in [0.29, 0.717) is 31.6 Å². The molecule has 1 aromatic rings. The first kappa shape index (κ1) is 19.1. The van der Waals surface area contributed by atoms with E-state index in [1.165, 1.54) is 6.07 Å². The lowest BCUT2D eigenvalue weighted by molar-refractivity contribution is -0.0489. The zero-order valence-electron chi connectivity index (χ0n) is 13.8. The molecule has 3 unspecified atom stereocenters. The average molecular weight is 361 g/mol. The van der Waals surface area contributed by atoms with Crippen molar-refractivity contribution in [3.63, 3.8) is 0 Å². The number of halogens is 1. The zero-order chi connectivity index (χ0) is 17.0. The number of hydrogen-bond acceptors (Lipinski definition) is 4. The normalized spacial score (nSPS) is 19.0. The number of nitrogens with one attached hydrogen (secondary N) is 1. The summed E-state index contributed by atoms with van der Waals surface area (Å²) in [5.74, 6) is -0.297. The van der Waals surface area contributed by atoms with Crippen LogP contribution in [0.2, 0.25) is 0 Å². The molecule has 0 aliphatic carbocycles. The molecule has 0 aromatic heterocycles. The van der Waals surface area contributed by atoms with Gasteiger partial charge in [0.1, 0.15) is 10.6 Å². The van der Waals surface area contributed by atoms with Crippen molar-refractivity contribution in [1.82, 2.24) is 4.72 Å². The average Bonchev–Trinajstić information content (AvgIpc) is 2.96. The van der Waals surface area contributed by atoms with Gasteiger partial charge in [-0.25, -0.2) is 4.39 Å². The maximum Gasteiger partial charge on any atom is 0.157 e. The van der Waals surface area contributed by atoms with Gasteiger partial charge in [0.25, 0.3) is 0 Å². The van der Waals surface area contributed by atoms with Gasteiger partial charge < -0.3 is 14.0 Å². The molecule has 0 amide bonds. The smallest absolute Gasteiger partial charge is 0.157 e. The van der Waals surface area contributed by atoms with Crippen LogP contribution in [0.1, 0.15) is 45.2 Å². The maximum absolute atomic E-state index is 14.3. The molecule has 1 aliphatic heterocycles. The summed E-state index contributed by atoms with van der Waals surface area (Å²) >= 11 is -1.29. The molecule has 1 fully saturated rings. The fourth-order valence-corrected chi connectivity index (χ4v) is 3.39. The lowest BCUT2D eigenvalue weighted by Crippen LogP contribution is -2.41. The SMILES string of the molecule is CC(C)(C)[S+]([O-])NC(CCC1OCCO1)c1ccc(P)cc1F. The first-order chi connectivity index (χ1) is 10.8. The lowest BCUT2D eigenvalue weighted by atomic mass is 10.0. The van der Waals surface area contributed by atoms with Crippen LogP contribution in [-0.4, -0.2) is 28.8 Å². The molecule has 1 aliphatic rings. The van der Waals surface area contributed by atoms with Crippen LogP contribution in [0.25, 0.3) is 0 Å². The van der Waals surface area contributed by atoms with Gasteiger partial charge in [0.15, 0.2) is 6.29 Å². The summed E-state index contributed by atoms with van der Waals surface area (Å²) in [7, 11) is 2.48. The monoisotopic (exact) mass is 361 g/mol. The van der Waals surface area contributed by atoms with Crippen LogP contribution in [0.5, 0.6) is 0 Å². The number of benzene rings is 1. The van der Waals surface area contributed by atoms with Crippen LogP contribution < -0.4 is 10.0 Å². The molecule has 1 aromatic carbocycles. The standard InChI is InChI=1S/C16H25FNO3PS/c1-16(2,3)23(19)18-14(6-7-15-20-8-9-21-15)12-5-4-11(22)10-13(12)17/h4-5,10,14-15,18H,6-9,22H2,1-3H3. The largest absolute Gasteiger partial charge is 0.598 e. The lowest BCUT2D eigenvalue weighted by Gasteiger charge is -2.28. The highest BCUT2D eigenvalue weighted by Gasteiger charge is 2.31. The quantitative estimate of drug-likeness (QED) is 0.625. The number of ether oxygens (including phenoxy) is 2.